The lowest BCUT2D eigenvalue weighted by molar-refractivity contribution is 0.314. The zero-order valence-electron chi connectivity index (χ0n) is 11.5. The Morgan fingerprint density at radius 1 is 1.30 bits per heavy atom. The van der Waals surface area contributed by atoms with Crippen molar-refractivity contribution in [3.63, 3.8) is 0 Å². The fraction of sp³-hybridized carbons (Fsp3) is 0.571. The number of pyridine rings is 1. The molecule has 1 aliphatic carbocycles. The molecule has 2 aromatic rings. The molecule has 2 fully saturated rings. The van der Waals surface area contributed by atoms with Crippen LogP contribution in [0.15, 0.2) is 12.1 Å². The fourth-order valence-electron chi connectivity index (χ4n) is 3.19. The first-order chi connectivity index (χ1) is 9.76. The summed E-state index contributed by atoms with van der Waals surface area (Å²) in [7, 11) is 1.64. The van der Waals surface area contributed by atoms with Crippen molar-refractivity contribution >= 4 is 23.4 Å². The van der Waals surface area contributed by atoms with Crippen molar-refractivity contribution in [2.45, 2.75) is 31.3 Å². The van der Waals surface area contributed by atoms with Gasteiger partial charge in [-0.1, -0.05) is 0 Å². The topological polar surface area (TPSA) is 46.1 Å². The number of hydrogen-bond donors (Lipinski definition) is 1. The van der Waals surface area contributed by atoms with Crippen molar-refractivity contribution < 1.29 is 4.74 Å². The van der Waals surface area contributed by atoms with E-state index >= 15 is 0 Å². The van der Waals surface area contributed by atoms with Gasteiger partial charge < -0.3 is 9.72 Å². The summed E-state index contributed by atoms with van der Waals surface area (Å²) in [5.41, 5.74) is 1.90. The molecule has 0 aromatic carbocycles. The van der Waals surface area contributed by atoms with Crippen LogP contribution in [0.25, 0.3) is 11.2 Å². The van der Waals surface area contributed by atoms with Crippen LogP contribution in [-0.4, -0.2) is 45.7 Å². The molecular weight excluding hydrogens is 272 g/mol. The van der Waals surface area contributed by atoms with Gasteiger partial charge in [0.15, 0.2) is 10.4 Å². The van der Waals surface area contributed by atoms with Gasteiger partial charge in [-0.25, -0.2) is 0 Å². The summed E-state index contributed by atoms with van der Waals surface area (Å²) in [5.74, 6) is 0.636. The number of methoxy groups -OCH3 is 1. The maximum Gasteiger partial charge on any atom is 0.215 e. The molecule has 0 amide bonds. The van der Waals surface area contributed by atoms with Crippen LogP contribution in [0.2, 0.25) is 0 Å². The Labute approximate surface area is 122 Å². The van der Waals surface area contributed by atoms with Crippen LogP contribution < -0.4 is 4.74 Å². The summed E-state index contributed by atoms with van der Waals surface area (Å²) < 4.78 is 8.18. The monoisotopic (exact) mass is 290 g/mol. The molecule has 4 rings (SSSR count). The van der Waals surface area contributed by atoms with Gasteiger partial charge >= 0.3 is 0 Å². The van der Waals surface area contributed by atoms with Crippen molar-refractivity contribution in [1.29, 1.82) is 0 Å². The van der Waals surface area contributed by atoms with E-state index < -0.39 is 0 Å². The number of ether oxygens (including phenoxy) is 1. The van der Waals surface area contributed by atoms with Gasteiger partial charge in [0, 0.05) is 25.2 Å². The molecule has 106 valence electrons. The number of H-pyrrole nitrogens is 1. The molecule has 5 nitrogen and oxygen atoms in total. The highest BCUT2D eigenvalue weighted by atomic mass is 32.1. The Morgan fingerprint density at radius 2 is 2.15 bits per heavy atom. The molecule has 3 heterocycles. The minimum atomic E-state index is 0.427. The summed E-state index contributed by atoms with van der Waals surface area (Å²) in [6.45, 7) is 2.26. The lowest BCUT2D eigenvalue weighted by Crippen LogP contribution is -2.23. The van der Waals surface area contributed by atoms with Crippen LogP contribution in [0.4, 0.5) is 0 Å². The molecule has 2 aliphatic rings. The van der Waals surface area contributed by atoms with Crippen LogP contribution in [-0.2, 0) is 0 Å². The Bertz CT molecular complexity index is 703. The van der Waals surface area contributed by atoms with E-state index in [2.05, 4.69) is 19.4 Å². The zero-order chi connectivity index (χ0) is 13.7. The SMILES string of the molecule is COc1ccc2[nH]c(=S)n(C3CCN(C4CC4)C3)c2n1. The Balaban J connectivity index is 1.74. The minimum Gasteiger partial charge on any atom is -0.481 e. The molecule has 1 atom stereocenters. The number of likely N-dealkylation sites (tertiary alicyclic amines) is 1. The van der Waals surface area contributed by atoms with E-state index in [1.54, 1.807) is 7.11 Å². The number of nitrogens with zero attached hydrogens (tertiary/aromatic N) is 3. The third-order valence-electron chi connectivity index (χ3n) is 4.37. The molecule has 0 spiro atoms. The van der Waals surface area contributed by atoms with Crippen molar-refractivity contribution in [2.75, 3.05) is 20.2 Å². The van der Waals surface area contributed by atoms with Gasteiger partial charge in [0.05, 0.1) is 18.7 Å². The molecule has 1 saturated carbocycles. The van der Waals surface area contributed by atoms with E-state index in [1.165, 1.54) is 19.4 Å². The van der Waals surface area contributed by atoms with Crippen LogP contribution in [0, 0.1) is 4.77 Å². The standard InChI is InChI=1S/C14H18N4OS/c1-19-12-5-4-11-13(16-12)18(14(20)15-11)10-6-7-17(8-10)9-2-3-9/h4-5,9-10H,2-3,6-8H2,1H3,(H,15,20). The first kappa shape index (κ1) is 12.3. The molecule has 0 bridgehead atoms. The van der Waals surface area contributed by atoms with Gasteiger partial charge in [0.2, 0.25) is 5.88 Å². The molecule has 0 radical (unpaired) electrons. The quantitative estimate of drug-likeness (QED) is 0.882. The lowest BCUT2D eigenvalue weighted by atomic mass is 10.2. The molecule has 1 unspecified atom stereocenters. The summed E-state index contributed by atoms with van der Waals surface area (Å²) in [6.07, 6.45) is 3.87. The van der Waals surface area contributed by atoms with Gasteiger partial charge in [-0.2, -0.15) is 4.98 Å². The second-order valence-electron chi connectivity index (χ2n) is 5.69. The zero-order valence-corrected chi connectivity index (χ0v) is 12.3. The average molecular weight is 290 g/mol. The second kappa shape index (κ2) is 4.56. The number of hydrogen-bond acceptors (Lipinski definition) is 4. The van der Waals surface area contributed by atoms with Crippen LogP contribution >= 0.6 is 12.2 Å². The first-order valence-corrected chi connectivity index (χ1v) is 7.56. The molecule has 20 heavy (non-hydrogen) atoms. The summed E-state index contributed by atoms with van der Waals surface area (Å²) >= 11 is 5.50. The fourth-order valence-corrected chi connectivity index (χ4v) is 3.53. The highest BCUT2D eigenvalue weighted by molar-refractivity contribution is 7.71. The van der Waals surface area contributed by atoms with Gasteiger partial charge in [-0.3, -0.25) is 9.47 Å². The Morgan fingerprint density at radius 3 is 2.90 bits per heavy atom. The molecule has 2 aromatic heterocycles. The molecule has 1 N–H and O–H groups in total. The van der Waals surface area contributed by atoms with Crippen molar-refractivity contribution in [2.24, 2.45) is 0 Å². The van der Waals surface area contributed by atoms with Gasteiger partial charge in [0.1, 0.15) is 0 Å². The normalized spacial score (nSPS) is 23.6. The maximum absolute atomic E-state index is 5.50. The Hall–Kier alpha value is -1.40. The maximum atomic E-state index is 5.50. The van der Waals surface area contributed by atoms with Crippen LogP contribution in [0.3, 0.4) is 0 Å². The summed E-state index contributed by atoms with van der Waals surface area (Å²) in [5, 5.41) is 0. The second-order valence-corrected chi connectivity index (χ2v) is 6.08. The number of rotatable bonds is 3. The van der Waals surface area contributed by atoms with E-state index in [9.17, 15) is 0 Å². The summed E-state index contributed by atoms with van der Waals surface area (Å²) in [4.78, 5) is 10.4. The van der Waals surface area contributed by atoms with Crippen LogP contribution in [0.5, 0.6) is 5.88 Å². The van der Waals surface area contributed by atoms with Crippen molar-refractivity contribution in [3.05, 3.63) is 16.9 Å². The number of aromatic amines is 1. The van der Waals surface area contributed by atoms with Gasteiger partial charge in [-0.15, -0.1) is 0 Å². The number of fused-ring (bicyclic) bond motifs is 1. The summed E-state index contributed by atoms with van der Waals surface area (Å²) in [6, 6.07) is 5.10. The van der Waals surface area contributed by atoms with Crippen LogP contribution in [0.1, 0.15) is 25.3 Å². The van der Waals surface area contributed by atoms with E-state index in [1.807, 2.05) is 12.1 Å². The van der Waals surface area contributed by atoms with E-state index in [0.29, 0.717) is 11.9 Å². The van der Waals surface area contributed by atoms with Crippen molar-refractivity contribution in [3.8, 4) is 5.88 Å². The third kappa shape index (κ3) is 1.94. The highest BCUT2D eigenvalue weighted by Gasteiger charge is 2.35. The largest absolute Gasteiger partial charge is 0.481 e. The molecule has 1 saturated heterocycles. The number of aromatic nitrogens is 3. The van der Waals surface area contributed by atoms with E-state index in [0.717, 1.165) is 34.9 Å². The number of imidazole rings is 1. The van der Waals surface area contributed by atoms with Gasteiger partial charge in [-0.05, 0) is 37.5 Å². The third-order valence-corrected chi connectivity index (χ3v) is 4.67. The molecule has 1 aliphatic heterocycles. The smallest absolute Gasteiger partial charge is 0.215 e. The highest BCUT2D eigenvalue weighted by Crippen LogP contribution is 2.34. The minimum absolute atomic E-state index is 0.427. The lowest BCUT2D eigenvalue weighted by Gasteiger charge is -2.16. The molecular formula is C14H18N4OS. The van der Waals surface area contributed by atoms with E-state index in [-0.39, 0.29) is 0 Å². The first-order valence-electron chi connectivity index (χ1n) is 7.15. The van der Waals surface area contributed by atoms with E-state index in [4.69, 9.17) is 17.0 Å². The number of nitrogens with one attached hydrogen (secondary N) is 1. The predicted molar refractivity (Wildman–Crippen MR) is 79.7 cm³/mol. The Kier molecular flexibility index (Phi) is 2.82. The average Bonchev–Trinajstić information content (AvgIpc) is 3.10. The van der Waals surface area contributed by atoms with Gasteiger partial charge in [0.25, 0.3) is 0 Å². The van der Waals surface area contributed by atoms with Crippen molar-refractivity contribution in [1.82, 2.24) is 19.4 Å². The molecule has 6 heteroatoms. The predicted octanol–water partition coefficient (Wildman–Crippen LogP) is 2.51.